The Labute approximate surface area is 125 Å². The third-order valence-electron chi connectivity index (χ3n) is 2.63. The van der Waals surface area contributed by atoms with Crippen LogP contribution in [-0.4, -0.2) is 22.7 Å². The zero-order valence-electron chi connectivity index (χ0n) is 10.8. The minimum atomic E-state index is -0.312. The van der Waals surface area contributed by atoms with Crippen LogP contribution in [0.5, 0.6) is 0 Å². The number of nitrogens with one attached hydrogen (secondary N) is 1. The summed E-state index contributed by atoms with van der Waals surface area (Å²) in [6.45, 7) is 1.79. The quantitative estimate of drug-likeness (QED) is 0.863. The number of nitrogens with zero attached hydrogens (tertiary/aromatic N) is 1. The molecule has 0 aromatic carbocycles. The van der Waals surface area contributed by atoms with Crippen molar-refractivity contribution in [3.8, 4) is 0 Å². The van der Waals surface area contributed by atoms with Gasteiger partial charge in [0.15, 0.2) is 5.78 Å². The number of pyridine rings is 1. The predicted octanol–water partition coefficient (Wildman–Crippen LogP) is 3.19. The van der Waals surface area contributed by atoms with Crippen LogP contribution in [-0.2, 0) is 0 Å². The number of amides is 1. The number of aromatic nitrogens is 1. The van der Waals surface area contributed by atoms with Crippen molar-refractivity contribution in [3.63, 3.8) is 0 Å². The molecular formula is C14H13ClN2O2S. The van der Waals surface area contributed by atoms with E-state index < -0.39 is 0 Å². The highest BCUT2D eigenvalue weighted by molar-refractivity contribution is 7.12. The molecule has 1 unspecified atom stereocenters. The van der Waals surface area contributed by atoms with E-state index in [0.717, 1.165) is 0 Å². The molecule has 2 heterocycles. The largest absolute Gasteiger partial charge is 0.348 e. The van der Waals surface area contributed by atoms with Gasteiger partial charge in [0.05, 0.1) is 9.90 Å². The maximum atomic E-state index is 11.9. The summed E-state index contributed by atoms with van der Waals surface area (Å²) in [5, 5.41) is 5.08. The highest BCUT2D eigenvalue weighted by Crippen LogP contribution is 2.12. The van der Waals surface area contributed by atoms with E-state index in [2.05, 4.69) is 10.3 Å². The first-order valence-corrected chi connectivity index (χ1v) is 7.31. The molecule has 20 heavy (non-hydrogen) atoms. The Hall–Kier alpha value is -1.72. The topological polar surface area (TPSA) is 59.1 Å². The van der Waals surface area contributed by atoms with E-state index in [4.69, 9.17) is 11.6 Å². The molecule has 0 fully saturated rings. The van der Waals surface area contributed by atoms with Crippen LogP contribution >= 0.6 is 22.9 Å². The molecule has 2 aromatic rings. The first kappa shape index (κ1) is 14.7. The zero-order chi connectivity index (χ0) is 14.5. The summed E-state index contributed by atoms with van der Waals surface area (Å²) in [4.78, 5) is 28.5. The first-order valence-electron chi connectivity index (χ1n) is 6.05. The summed E-state index contributed by atoms with van der Waals surface area (Å²) in [6.07, 6.45) is 1.68. The molecule has 1 amide bonds. The first-order chi connectivity index (χ1) is 9.56. The fraction of sp³-hybridized carbons (Fsp3) is 0.214. The lowest BCUT2D eigenvalue weighted by Crippen LogP contribution is -2.34. The number of carbonyl (C=O) groups is 2. The third-order valence-corrected chi connectivity index (χ3v) is 3.76. The molecule has 0 aliphatic heterocycles. The zero-order valence-corrected chi connectivity index (χ0v) is 12.4. The lowest BCUT2D eigenvalue weighted by atomic mass is 10.1. The summed E-state index contributed by atoms with van der Waals surface area (Å²) < 4.78 is 0. The summed E-state index contributed by atoms with van der Waals surface area (Å²) >= 11 is 7.11. The number of thiophene rings is 1. The summed E-state index contributed by atoms with van der Waals surface area (Å²) in [5.74, 6) is -0.287. The van der Waals surface area contributed by atoms with Crippen LogP contribution in [0.15, 0.2) is 35.8 Å². The van der Waals surface area contributed by atoms with Gasteiger partial charge >= 0.3 is 0 Å². The van der Waals surface area contributed by atoms with Crippen molar-refractivity contribution in [3.05, 3.63) is 51.4 Å². The number of Topliss-reactive ketones (excluding diaryl/α,β-unsaturated/α-hetero) is 1. The molecule has 0 radical (unpaired) electrons. The number of halogens is 1. The van der Waals surface area contributed by atoms with Gasteiger partial charge in [-0.2, -0.15) is 0 Å². The van der Waals surface area contributed by atoms with E-state index >= 15 is 0 Å². The van der Waals surface area contributed by atoms with E-state index in [-0.39, 0.29) is 29.8 Å². The highest BCUT2D eigenvalue weighted by Gasteiger charge is 2.15. The van der Waals surface area contributed by atoms with E-state index in [9.17, 15) is 9.59 Å². The van der Waals surface area contributed by atoms with Crippen molar-refractivity contribution in [2.45, 2.75) is 19.4 Å². The van der Waals surface area contributed by atoms with Crippen LogP contribution in [0.2, 0.25) is 5.02 Å². The van der Waals surface area contributed by atoms with Gasteiger partial charge in [-0.05, 0) is 30.5 Å². The Kier molecular flexibility index (Phi) is 4.87. The van der Waals surface area contributed by atoms with Gasteiger partial charge in [0.25, 0.3) is 5.91 Å². The molecule has 0 aliphatic rings. The predicted molar refractivity (Wildman–Crippen MR) is 79.4 cm³/mol. The molecule has 1 atom stereocenters. The Morgan fingerprint density at radius 2 is 2.20 bits per heavy atom. The van der Waals surface area contributed by atoms with Crippen LogP contribution < -0.4 is 5.32 Å². The van der Waals surface area contributed by atoms with Gasteiger partial charge < -0.3 is 5.32 Å². The fourth-order valence-corrected chi connectivity index (χ4v) is 2.46. The number of ketones is 1. The van der Waals surface area contributed by atoms with Crippen LogP contribution in [0, 0.1) is 0 Å². The smallest absolute Gasteiger partial charge is 0.270 e. The van der Waals surface area contributed by atoms with Crippen LogP contribution in [0.4, 0.5) is 0 Å². The molecule has 2 rings (SSSR count). The molecule has 0 saturated heterocycles. The molecular weight excluding hydrogens is 296 g/mol. The number of hydrogen-bond donors (Lipinski definition) is 1. The van der Waals surface area contributed by atoms with Crippen molar-refractivity contribution in [1.82, 2.24) is 10.3 Å². The second-order valence-electron chi connectivity index (χ2n) is 4.34. The van der Waals surface area contributed by atoms with Gasteiger partial charge in [-0.25, -0.2) is 4.98 Å². The SMILES string of the molecule is CC(CC(=O)c1cccs1)NC(=O)c1ccc(Cl)cn1. The lowest BCUT2D eigenvalue weighted by molar-refractivity contribution is 0.0915. The third kappa shape index (κ3) is 3.88. The summed E-state index contributed by atoms with van der Waals surface area (Å²) in [6, 6.07) is 6.51. The van der Waals surface area contributed by atoms with E-state index in [1.165, 1.54) is 17.5 Å². The highest BCUT2D eigenvalue weighted by atomic mass is 35.5. The van der Waals surface area contributed by atoms with Crippen LogP contribution in [0.25, 0.3) is 0 Å². The van der Waals surface area contributed by atoms with Crippen molar-refractivity contribution in [1.29, 1.82) is 0 Å². The number of carbonyl (C=O) groups excluding carboxylic acids is 2. The monoisotopic (exact) mass is 308 g/mol. The maximum Gasteiger partial charge on any atom is 0.270 e. The second-order valence-corrected chi connectivity index (χ2v) is 5.72. The van der Waals surface area contributed by atoms with Crippen LogP contribution in [0.1, 0.15) is 33.5 Å². The van der Waals surface area contributed by atoms with Gasteiger partial charge in [-0.15, -0.1) is 11.3 Å². The Morgan fingerprint density at radius 3 is 2.80 bits per heavy atom. The van der Waals surface area contributed by atoms with E-state index in [0.29, 0.717) is 9.90 Å². The van der Waals surface area contributed by atoms with Gasteiger partial charge in [-0.3, -0.25) is 9.59 Å². The maximum absolute atomic E-state index is 11.9. The minimum Gasteiger partial charge on any atom is -0.348 e. The van der Waals surface area contributed by atoms with Crippen molar-refractivity contribution < 1.29 is 9.59 Å². The summed E-state index contributed by atoms with van der Waals surface area (Å²) in [5.41, 5.74) is 0.282. The summed E-state index contributed by atoms with van der Waals surface area (Å²) in [7, 11) is 0. The number of rotatable bonds is 5. The van der Waals surface area contributed by atoms with Gasteiger partial charge in [0.2, 0.25) is 0 Å². The second kappa shape index (κ2) is 6.63. The Morgan fingerprint density at radius 1 is 1.40 bits per heavy atom. The average Bonchev–Trinajstić information content (AvgIpc) is 2.93. The normalized spacial score (nSPS) is 11.9. The minimum absolute atomic E-state index is 0.0249. The van der Waals surface area contributed by atoms with Crippen LogP contribution in [0.3, 0.4) is 0 Å². The van der Waals surface area contributed by atoms with Gasteiger partial charge in [0.1, 0.15) is 5.69 Å². The molecule has 104 valence electrons. The molecule has 4 nitrogen and oxygen atoms in total. The molecule has 0 spiro atoms. The molecule has 0 aliphatic carbocycles. The van der Waals surface area contributed by atoms with Gasteiger partial charge in [0, 0.05) is 18.7 Å². The molecule has 6 heteroatoms. The van der Waals surface area contributed by atoms with Gasteiger partial charge in [-0.1, -0.05) is 17.7 Å². The standard InChI is InChI=1S/C14H13ClN2O2S/c1-9(7-12(18)13-3-2-6-20-13)17-14(19)11-5-4-10(15)8-16-11/h2-6,8-9H,7H2,1H3,(H,17,19). The van der Waals surface area contributed by atoms with E-state index in [1.807, 2.05) is 11.4 Å². The van der Waals surface area contributed by atoms with E-state index in [1.54, 1.807) is 25.1 Å². The van der Waals surface area contributed by atoms with Crippen molar-refractivity contribution >= 4 is 34.6 Å². The molecule has 0 bridgehead atoms. The van der Waals surface area contributed by atoms with Crippen molar-refractivity contribution in [2.24, 2.45) is 0 Å². The molecule has 1 N–H and O–H groups in total. The molecule has 2 aromatic heterocycles. The van der Waals surface area contributed by atoms with Crippen molar-refractivity contribution in [2.75, 3.05) is 0 Å². The Balaban J connectivity index is 1.91. The fourth-order valence-electron chi connectivity index (χ4n) is 1.67. The Bertz CT molecular complexity index is 596. The lowest BCUT2D eigenvalue weighted by Gasteiger charge is -2.12. The number of hydrogen-bond acceptors (Lipinski definition) is 4. The average molecular weight is 309 g/mol. The molecule has 0 saturated carbocycles.